The molecule has 0 N–H and O–H groups in total. The van der Waals surface area contributed by atoms with E-state index in [1.165, 1.54) is 82.7 Å². The Labute approximate surface area is 161 Å². The molecule has 1 aromatic carbocycles. The normalized spacial score (nSPS) is 11.0. The number of aryl methyl sites for hydroxylation is 2. The maximum absolute atomic E-state index is 2.39. The second-order valence-corrected chi connectivity index (χ2v) is 7.57. The molecule has 1 heteroatoms. The average molecular weight is 353 g/mol. The van der Waals surface area contributed by atoms with Crippen molar-refractivity contribution >= 4 is 0 Å². The molecule has 0 saturated heterocycles. The summed E-state index contributed by atoms with van der Waals surface area (Å²) in [6.07, 6.45) is 20.7. The van der Waals surface area contributed by atoms with Gasteiger partial charge in [-0.05, 0) is 31.2 Å². The molecule has 0 amide bonds. The SMILES string of the molecule is CCCCCCCc1cc[n+](-c2ccccc2)cc1CCCCCCC. The van der Waals surface area contributed by atoms with Crippen LogP contribution in [-0.2, 0) is 12.8 Å². The number of nitrogens with zero attached hydrogens (tertiary/aromatic N) is 1. The minimum atomic E-state index is 1.22. The van der Waals surface area contributed by atoms with Gasteiger partial charge in [0, 0.05) is 23.8 Å². The molecule has 142 valence electrons. The van der Waals surface area contributed by atoms with Gasteiger partial charge in [-0.2, -0.15) is 4.57 Å². The molecule has 0 saturated carbocycles. The van der Waals surface area contributed by atoms with E-state index in [1.807, 2.05) is 0 Å². The van der Waals surface area contributed by atoms with Crippen molar-refractivity contribution in [3.05, 3.63) is 59.9 Å². The molecule has 2 rings (SSSR count). The molecule has 0 spiro atoms. The Balaban J connectivity index is 2.01. The van der Waals surface area contributed by atoms with Crippen molar-refractivity contribution in [3.63, 3.8) is 0 Å². The van der Waals surface area contributed by atoms with Crippen LogP contribution >= 0.6 is 0 Å². The van der Waals surface area contributed by atoms with E-state index < -0.39 is 0 Å². The lowest BCUT2D eigenvalue weighted by Gasteiger charge is -2.09. The molecule has 0 aliphatic rings. The summed E-state index contributed by atoms with van der Waals surface area (Å²) in [6.45, 7) is 4.58. The summed E-state index contributed by atoms with van der Waals surface area (Å²) < 4.78 is 2.29. The zero-order chi connectivity index (χ0) is 18.5. The summed E-state index contributed by atoms with van der Waals surface area (Å²) in [6, 6.07) is 13.1. The minimum absolute atomic E-state index is 1.22. The maximum atomic E-state index is 2.39. The van der Waals surface area contributed by atoms with Crippen molar-refractivity contribution < 1.29 is 4.57 Å². The predicted octanol–water partition coefficient (Wildman–Crippen LogP) is 6.99. The molecule has 0 aliphatic carbocycles. The summed E-state index contributed by atoms with van der Waals surface area (Å²) in [5.74, 6) is 0. The third-order valence-electron chi connectivity index (χ3n) is 5.30. The van der Waals surface area contributed by atoms with Crippen molar-refractivity contribution in [1.29, 1.82) is 0 Å². The third kappa shape index (κ3) is 7.32. The molecule has 0 fully saturated rings. The topological polar surface area (TPSA) is 3.88 Å². The zero-order valence-electron chi connectivity index (χ0n) is 17.1. The molecule has 2 aromatic rings. The molecule has 0 aliphatic heterocycles. The van der Waals surface area contributed by atoms with Crippen molar-refractivity contribution in [2.24, 2.45) is 0 Å². The number of benzene rings is 1. The average Bonchev–Trinajstić information content (AvgIpc) is 2.69. The van der Waals surface area contributed by atoms with E-state index in [0.29, 0.717) is 0 Å². The minimum Gasteiger partial charge on any atom is -0.167 e. The Morgan fingerprint density at radius 3 is 1.81 bits per heavy atom. The summed E-state index contributed by atoms with van der Waals surface area (Å²) in [4.78, 5) is 0. The molecule has 0 atom stereocenters. The number of hydrogen-bond donors (Lipinski definition) is 0. The lowest BCUT2D eigenvalue weighted by molar-refractivity contribution is -0.596. The molecule has 0 unspecified atom stereocenters. The highest BCUT2D eigenvalue weighted by Gasteiger charge is 2.11. The second kappa shape index (κ2) is 12.7. The van der Waals surface area contributed by atoms with Crippen molar-refractivity contribution in [2.45, 2.75) is 90.9 Å². The third-order valence-corrected chi connectivity index (χ3v) is 5.30. The fraction of sp³-hybridized carbons (Fsp3) is 0.560. The Bertz CT molecular complexity index is 603. The van der Waals surface area contributed by atoms with Gasteiger partial charge in [0.25, 0.3) is 0 Å². The van der Waals surface area contributed by atoms with Gasteiger partial charge in [-0.3, -0.25) is 0 Å². The first kappa shape index (κ1) is 20.7. The Hall–Kier alpha value is -1.63. The van der Waals surface area contributed by atoms with Crippen LogP contribution < -0.4 is 4.57 Å². The molecule has 1 heterocycles. The van der Waals surface area contributed by atoms with E-state index in [9.17, 15) is 0 Å². The van der Waals surface area contributed by atoms with Gasteiger partial charge in [-0.25, -0.2) is 0 Å². The first-order chi connectivity index (χ1) is 12.8. The van der Waals surface area contributed by atoms with Crippen LogP contribution in [0.15, 0.2) is 48.8 Å². The number of para-hydroxylation sites is 1. The van der Waals surface area contributed by atoms with Crippen LogP contribution in [0.1, 0.15) is 89.2 Å². The number of aromatic nitrogens is 1. The fourth-order valence-electron chi connectivity index (χ4n) is 3.64. The lowest BCUT2D eigenvalue weighted by atomic mass is 9.98. The van der Waals surface area contributed by atoms with Crippen LogP contribution in [-0.4, -0.2) is 0 Å². The molecule has 26 heavy (non-hydrogen) atoms. The van der Waals surface area contributed by atoms with E-state index in [0.717, 1.165) is 0 Å². The highest BCUT2D eigenvalue weighted by atomic mass is 14.9. The molecule has 1 nitrogen and oxygen atoms in total. The molecular formula is C25H38N+. The number of unbranched alkanes of at least 4 members (excludes halogenated alkanes) is 8. The van der Waals surface area contributed by atoms with E-state index in [1.54, 1.807) is 11.1 Å². The van der Waals surface area contributed by atoms with E-state index in [-0.39, 0.29) is 0 Å². The van der Waals surface area contributed by atoms with Crippen LogP contribution in [0.2, 0.25) is 0 Å². The van der Waals surface area contributed by atoms with Crippen LogP contribution in [0.3, 0.4) is 0 Å². The number of rotatable bonds is 13. The molecule has 0 radical (unpaired) electrons. The van der Waals surface area contributed by atoms with E-state index in [4.69, 9.17) is 0 Å². The lowest BCUT2D eigenvalue weighted by Crippen LogP contribution is -2.30. The molecule has 1 aromatic heterocycles. The van der Waals surface area contributed by atoms with Gasteiger partial charge in [0.05, 0.1) is 0 Å². The Morgan fingerprint density at radius 1 is 0.615 bits per heavy atom. The molecular weight excluding hydrogens is 314 g/mol. The first-order valence-corrected chi connectivity index (χ1v) is 10.9. The van der Waals surface area contributed by atoms with Gasteiger partial charge in [0.1, 0.15) is 0 Å². The fourth-order valence-corrected chi connectivity index (χ4v) is 3.64. The summed E-state index contributed by atoms with van der Waals surface area (Å²) in [7, 11) is 0. The number of pyridine rings is 1. The largest absolute Gasteiger partial charge is 0.210 e. The maximum Gasteiger partial charge on any atom is 0.210 e. The van der Waals surface area contributed by atoms with Gasteiger partial charge in [-0.15, -0.1) is 0 Å². The van der Waals surface area contributed by atoms with Crippen molar-refractivity contribution in [1.82, 2.24) is 0 Å². The second-order valence-electron chi connectivity index (χ2n) is 7.57. The number of hydrogen-bond acceptors (Lipinski definition) is 0. The van der Waals surface area contributed by atoms with Gasteiger partial charge in [-0.1, -0.05) is 83.4 Å². The predicted molar refractivity (Wildman–Crippen MR) is 113 cm³/mol. The van der Waals surface area contributed by atoms with Gasteiger partial charge < -0.3 is 0 Å². The van der Waals surface area contributed by atoms with Crippen LogP contribution in [0, 0.1) is 0 Å². The molecule has 0 bridgehead atoms. The monoisotopic (exact) mass is 352 g/mol. The summed E-state index contributed by atoms with van der Waals surface area (Å²) in [5, 5.41) is 0. The Morgan fingerprint density at radius 2 is 1.19 bits per heavy atom. The highest BCUT2D eigenvalue weighted by molar-refractivity contribution is 5.25. The van der Waals surface area contributed by atoms with Crippen LogP contribution in [0.5, 0.6) is 0 Å². The van der Waals surface area contributed by atoms with Crippen molar-refractivity contribution in [2.75, 3.05) is 0 Å². The summed E-state index contributed by atoms with van der Waals surface area (Å²) in [5.41, 5.74) is 4.39. The quantitative estimate of drug-likeness (QED) is 0.270. The van der Waals surface area contributed by atoms with Gasteiger partial charge in [0.2, 0.25) is 5.69 Å². The van der Waals surface area contributed by atoms with E-state index in [2.05, 4.69) is 67.2 Å². The highest BCUT2D eigenvalue weighted by Crippen LogP contribution is 2.16. The van der Waals surface area contributed by atoms with Gasteiger partial charge >= 0.3 is 0 Å². The van der Waals surface area contributed by atoms with Crippen LogP contribution in [0.25, 0.3) is 5.69 Å². The van der Waals surface area contributed by atoms with E-state index >= 15 is 0 Å². The smallest absolute Gasteiger partial charge is 0.167 e. The van der Waals surface area contributed by atoms with Crippen LogP contribution in [0.4, 0.5) is 0 Å². The standard InChI is InChI=1S/C25H38N/c1-3-5-7-9-12-16-23-20-21-26(25-18-14-11-15-19-25)22-24(23)17-13-10-8-6-4-2/h11,14-15,18-22H,3-10,12-13,16-17H2,1-2H3/q+1. The van der Waals surface area contributed by atoms with Crippen molar-refractivity contribution in [3.8, 4) is 5.69 Å². The zero-order valence-corrected chi connectivity index (χ0v) is 17.1. The Kier molecular flexibility index (Phi) is 10.1. The summed E-state index contributed by atoms with van der Waals surface area (Å²) >= 11 is 0. The van der Waals surface area contributed by atoms with Gasteiger partial charge in [0.15, 0.2) is 12.4 Å². The first-order valence-electron chi connectivity index (χ1n) is 10.9.